The van der Waals surface area contributed by atoms with E-state index >= 15 is 0 Å². The number of nitrogens with zero attached hydrogens (tertiary/aromatic N) is 4. The number of aromatic nitrogens is 2. The van der Waals surface area contributed by atoms with Gasteiger partial charge in [-0.1, -0.05) is 0 Å². The molecule has 3 rings (SSSR count). The van der Waals surface area contributed by atoms with Crippen molar-refractivity contribution >= 4 is 37.3 Å². The van der Waals surface area contributed by atoms with Crippen molar-refractivity contribution in [3.8, 4) is 0 Å². The Bertz CT molecular complexity index is 693. The Morgan fingerprint density at radius 2 is 1.96 bits per heavy atom. The van der Waals surface area contributed by atoms with E-state index in [1.165, 1.54) is 11.2 Å². The van der Waals surface area contributed by atoms with Gasteiger partial charge in [0.05, 0.1) is 19.0 Å². The lowest BCUT2D eigenvalue weighted by atomic mass is 10.1. The summed E-state index contributed by atoms with van der Waals surface area (Å²) in [7, 11) is 1.66. The van der Waals surface area contributed by atoms with Crippen LogP contribution in [0.3, 0.4) is 0 Å². The molecule has 3 heterocycles. The SMILES string of the molecule is O=C1CC(CS(=O)(=O)Cl)CN1c1cc(N2CCOCC2)ncn1. The maximum Gasteiger partial charge on any atom is 0.232 e. The summed E-state index contributed by atoms with van der Waals surface area (Å²) in [6.07, 6.45) is 1.57. The lowest BCUT2D eigenvalue weighted by molar-refractivity contribution is -0.117. The number of hydrogen-bond acceptors (Lipinski definition) is 7. The van der Waals surface area contributed by atoms with E-state index < -0.39 is 9.05 Å². The second-order valence-corrected chi connectivity index (χ2v) is 8.44. The number of rotatable bonds is 4. The summed E-state index contributed by atoms with van der Waals surface area (Å²) < 4.78 is 27.7. The Balaban J connectivity index is 1.75. The van der Waals surface area contributed by atoms with Crippen LogP contribution in [-0.4, -0.2) is 62.9 Å². The van der Waals surface area contributed by atoms with E-state index in [-0.39, 0.29) is 24.0 Å². The number of carbonyl (C=O) groups is 1. The Hall–Kier alpha value is -1.45. The molecule has 10 heteroatoms. The van der Waals surface area contributed by atoms with Gasteiger partial charge in [-0.3, -0.25) is 9.69 Å². The molecule has 126 valence electrons. The van der Waals surface area contributed by atoms with Crippen LogP contribution in [-0.2, 0) is 18.6 Å². The molecular formula is C13H17ClN4O4S. The molecule has 1 amide bonds. The van der Waals surface area contributed by atoms with E-state index in [0.29, 0.717) is 25.6 Å². The van der Waals surface area contributed by atoms with Gasteiger partial charge in [0.1, 0.15) is 18.0 Å². The number of carbonyl (C=O) groups excluding carboxylic acids is 1. The first-order chi connectivity index (χ1) is 10.9. The number of halogens is 1. The average Bonchev–Trinajstić information content (AvgIpc) is 2.87. The van der Waals surface area contributed by atoms with Crippen molar-refractivity contribution in [2.45, 2.75) is 6.42 Å². The molecule has 0 N–H and O–H groups in total. The van der Waals surface area contributed by atoms with Crippen molar-refractivity contribution in [3.63, 3.8) is 0 Å². The van der Waals surface area contributed by atoms with Crippen molar-refractivity contribution in [2.24, 2.45) is 5.92 Å². The molecule has 0 bridgehead atoms. The van der Waals surface area contributed by atoms with Gasteiger partial charge >= 0.3 is 0 Å². The van der Waals surface area contributed by atoms with Crippen LogP contribution < -0.4 is 9.80 Å². The summed E-state index contributed by atoms with van der Waals surface area (Å²) in [5.74, 6) is 0.548. The third-order valence-corrected chi connectivity index (χ3v) is 5.14. The summed E-state index contributed by atoms with van der Waals surface area (Å²) in [6, 6.07) is 1.75. The predicted octanol–water partition coefficient (Wildman–Crippen LogP) is 0.235. The van der Waals surface area contributed by atoms with Gasteiger partial charge in [0.15, 0.2) is 0 Å². The highest BCUT2D eigenvalue weighted by Crippen LogP contribution is 2.27. The predicted molar refractivity (Wildman–Crippen MR) is 85.2 cm³/mol. The summed E-state index contributed by atoms with van der Waals surface area (Å²) in [6.45, 7) is 3.04. The summed E-state index contributed by atoms with van der Waals surface area (Å²) in [5, 5.41) is 0. The van der Waals surface area contributed by atoms with E-state index in [1.54, 1.807) is 6.07 Å². The van der Waals surface area contributed by atoms with Gasteiger partial charge in [0.2, 0.25) is 15.0 Å². The zero-order chi connectivity index (χ0) is 16.4. The van der Waals surface area contributed by atoms with Gasteiger partial charge in [-0.15, -0.1) is 0 Å². The van der Waals surface area contributed by atoms with Crippen LogP contribution >= 0.6 is 10.7 Å². The lowest BCUT2D eigenvalue weighted by Crippen LogP contribution is -2.37. The molecule has 0 saturated carbocycles. The molecule has 1 unspecified atom stereocenters. The molecule has 0 aromatic carbocycles. The largest absolute Gasteiger partial charge is 0.378 e. The third kappa shape index (κ3) is 4.10. The minimum atomic E-state index is -3.62. The highest BCUT2D eigenvalue weighted by Gasteiger charge is 2.34. The number of anilines is 2. The monoisotopic (exact) mass is 360 g/mol. The molecule has 2 aliphatic heterocycles. The van der Waals surface area contributed by atoms with Gasteiger partial charge in [-0.2, -0.15) is 0 Å². The molecule has 2 saturated heterocycles. The topological polar surface area (TPSA) is 92.7 Å². The minimum Gasteiger partial charge on any atom is -0.378 e. The molecule has 2 aliphatic rings. The van der Waals surface area contributed by atoms with Crippen molar-refractivity contribution in [3.05, 3.63) is 12.4 Å². The lowest BCUT2D eigenvalue weighted by Gasteiger charge is -2.28. The van der Waals surface area contributed by atoms with Crippen LogP contribution in [0.15, 0.2) is 12.4 Å². The fourth-order valence-electron chi connectivity index (χ4n) is 2.85. The quantitative estimate of drug-likeness (QED) is 0.710. The summed E-state index contributed by atoms with van der Waals surface area (Å²) in [5.41, 5.74) is 0. The van der Waals surface area contributed by atoms with E-state index in [9.17, 15) is 13.2 Å². The van der Waals surface area contributed by atoms with E-state index in [1.807, 2.05) is 0 Å². The fourth-order valence-corrected chi connectivity index (χ4v) is 4.17. The van der Waals surface area contributed by atoms with Crippen molar-refractivity contribution in [2.75, 3.05) is 48.4 Å². The zero-order valence-corrected chi connectivity index (χ0v) is 14.0. The van der Waals surface area contributed by atoms with E-state index in [4.69, 9.17) is 15.4 Å². The second kappa shape index (κ2) is 6.58. The standard InChI is InChI=1S/C13H17ClN4O4S/c14-23(20,21)8-10-5-13(19)18(7-10)12-6-11(15-9-16-12)17-1-3-22-4-2-17/h6,9-10H,1-5,7-8H2. The molecule has 1 aromatic heterocycles. The molecule has 2 fully saturated rings. The Morgan fingerprint density at radius 3 is 2.65 bits per heavy atom. The third-order valence-electron chi connectivity index (χ3n) is 3.89. The molecule has 1 aromatic rings. The Morgan fingerprint density at radius 1 is 1.26 bits per heavy atom. The number of amides is 1. The molecule has 8 nitrogen and oxygen atoms in total. The van der Waals surface area contributed by atoms with Crippen LogP contribution in [0.1, 0.15) is 6.42 Å². The summed E-state index contributed by atoms with van der Waals surface area (Å²) >= 11 is 0. The molecule has 0 radical (unpaired) electrons. The van der Waals surface area contributed by atoms with Gasteiger partial charge in [0, 0.05) is 48.7 Å². The van der Waals surface area contributed by atoms with Crippen LogP contribution in [0.25, 0.3) is 0 Å². The molecule has 23 heavy (non-hydrogen) atoms. The van der Waals surface area contributed by atoms with Gasteiger partial charge in [0.25, 0.3) is 0 Å². The normalized spacial score (nSPS) is 22.7. The van der Waals surface area contributed by atoms with Gasteiger partial charge < -0.3 is 9.64 Å². The number of hydrogen-bond donors (Lipinski definition) is 0. The fraction of sp³-hybridized carbons (Fsp3) is 0.615. The van der Waals surface area contributed by atoms with Crippen molar-refractivity contribution in [1.29, 1.82) is 0 Å². The Labute approximate surface area is 138 Å². The first kappa shape index (κ1) is 16.4. The van der Waals surface area contributed by atoms with Gasteiger partial charge in [-0.05, 0) is 0 Å². The van der Waals surface area contributed by atoms with Crippen molar-refractivity contribution in [1.82, 2.24) is 9.97 Å². The molecule has 0 spiro atoms. The van der Waals surface area contributed by atoms with E-state index in [2.05, 4.69) is 14.9 Å². The van der Waals surface area contributed by atoms with Gasteiger partial charge in [-0.25, -0.2) is 18.4 Å². The number of ether oxygens (including phenoxy) is 1. The maximum absolute atomic E-state index is 12.2. The second-order valence-electron chi connectivity index (χ2n) is 5.61. The average molecular weight is 361 g/mol. The molecular weight excluding hydrogens is 344 g/mol. The zero-order valence-electron chi connectivity index (χ0n) is 12.4. The molecule has 1 atom stereocenters. The maximum atomic E-state index is 12.2. The van der Waals surface area contributed by atoms with Crippen LogP contribution in [0.4, 0.5) is 11.6 Å². The smallest absolute Gasteiger partial charge is 0.232 e. The van der Waals surface area contributed by atoms with Crippen LogP contribution in [0, 0.1) is 5.92 Å². The number of morpholine rings is 1. The molecule has 0 aliphatic carbocycles. The van der Waals surface area contributed by atoms with E-state index in [0.717, 1.165) is 18.9 Å². The minimum absolute atomic E-state index is 0.151. The summed E-state index contributed by atoms with van der Waals surface area (Å²) in [4.78, 5) is 24.1. The highest BCUT2D eigenvalue weighted by atomic mass is 35.7. The van der Waals surface area contributed by atoms with Crippen LogP contribution in [0.2, 0.25) is 0 Å². The first-order valence-corrected chi connectivity index (χ1v) is 9.77. The van der Waals surface area contributed by atoms with Crippen molar-refractivity contribution < 1.29 is 17.9 Å². The highest BCUT2D eigenvalue weighted by molar-refractivity contribution is 8.13. The Kier molecular flexibility index (Phi) is 4.69. The van der Waals surface area contributed by atoms with Crippen LogP contribution in [0.5, 0.6) is 0 Å². The first-order valence-electron chi connectivity index (χ1n) is 7.30.